The number of oxime groups is 1. The van der Waals surface area contributed by atoms with Crippen molar-refractivity contribution in [3.63, 3.8) is 0 Å². The molecule has 1 aliphatic heterocycles. The van der Waals surface area contributed by atoms with Gasteiger partial charge < -0.3 is 4.84 Å². The van der Waals surface area contributed by atoms with E-state index in [-0.39, 0.29) is 6.10 Å². The van der Waals surface area contributed by atoms with Crippen LogP contribution in [0, 0.1) is 0 Å². The Morgan fingerprint density at radius 2 is 2.15 bits per heavy atom. The maximum atomic E-state index is 5.33. The predicted octanol–water partition coefficient (Wildman–Crippen LogP) is 2.91. The van der Waals surface area contributed by atoms with Crippen LogP contribution < -0.4 is 0 Å². The van der Waals surface area contributed by atoms with E-state index in [4.69, 9.17) is 4.84 Å². The number of rotatable bonds is 2. The van der Waals surface area contributed by atoms with Crippen LogP contribution in [0.4, 0.5) is 0 Å². The Morgan fingerprint density at radius 3 is 2.77 bits per heavy atom. The zero-order chi connectivity index (χ0) is 9.10. The predicted molar refractivity (Wildman–Crippen MR) is 52.6 cm³/mol. The van der Waals surface area contributed by atoms with E-state index in [1.807, 2.05) is 18.2 Å². The highest BCUT2D eigenvalue weighted by molar-refractivity contribution is 5.85. The van der Waals surface area contributed by atoms with E-state index in [0.717, 1.165) is 18.6 Å². The molecule has 0 N–H and O–H groups in total. The molecule has 0 spiro atoms. The van der Waals surface area contributed by atoms with Crippen molar-refractivity contribution in [1.29, 1.82) is 0 Å². The molecule has 2 nitrogen and oxygen atoms in total. The van der Waals surface area contributed by atoms with Crippen LogP contribution in [0.3, 0.4) is 0 Å². The lowest BCUT2D eigenvalue weighted by Gasteiger charge is -2.06. The maximum Gasteiger partial charge on any atom is 0.157 e. The second kappa shape index (κ2) is 3.60. The van der Waals surface area contributed by atoms with Gasteiger partial charge in [-0.1, -0.05) is 42.4 Å². The van der Waals surface area contributed by atoms with Gasteiger partial charge in [0.1, 0.15) is 0 Å². The number of benzene rings is 1. The van der Waals surface area contributed by atoms with E-state index >= 15 is 0 Å². The molecule has 1 aromatic carbocycles. The fraction of sp³-hybridized carbons (Fsp3) is 0.364. The molecule has 0 aliphatic carbocycles. The van der Waals surface area contributed by atoms with Crippen molar-refractivity contribution >= 4 is 5.71 Å². The normalized spacial score (nSPS) is 21.0. The molecule has 68 valence electrons. The summed E-state index contributed by atoms with van der Waals surface area (Å²) >= 11 is 0. The summed E-state index contributed by atoms with van der Waals surface area (Å²) in [6, 6.07) is 10.2. The molecule has 1 heterocycles. The Morgan fingerprint density at radius 1 is 1.38 bits per heavy atom. The second-order valence-corrected chi connectivity index (χ2v) is 3.22. The van der Waals surface area contributed by atoms with Gasteiger partial charge in [-0.3, -0.25) is 0 Å². The van der Waals surface area contributed by atoms with E-state index < -0.39 is 0 Å². The number of hydrogen-bond acceptors (Lipinski definition) is 2. The van der Waals surface area contributed by atoms with Crippen LogP contribution in [0.1, 0.15) is 31.4 Å². The lowest BCUT2D eigenvalue weighted by molar-refractivity contribution is 0.0857. The Kier molecular flexibility index (Phi) is 2.30. The molecule has 0 bridgehead atoms. The summed E-state index contributed by atoms with van der Waals surface area (Å²) in [6.45, 7) is 2.11. The summed E-state index contributed by atoms with van der Waals surface area (Å²) in [5.41, 5.74) is 2.38. The van der Waals surface area contributed by atoms with E-state index in [1.54, 1.807) is 0 Å². The fourth-order valence-electron chi connectivity index (χ4n) is 1.48. The van der Waals surface area contributed by atoms with Crippen molar-refractivity contribution in [3.05, 3.63) is 35.9 Å². The van der Waals surface area contributed by atoms with Crippen molar-refractivity contribution in [2.75, 3.05) is 0 Å². The Labute approximate surface area is 78.2 Å². The van der Waals surface area contributed by atoms with Gasteiger partial charge in [0.05, 0.1) is 5.71 Å². The zero-order valence-electron chi connectivity index (χ0n) is 7.73. The Bertz CT molecular complexity index is 305. The molecule has 0 saturated carbocycles. The standard InChI is InChI=1S/C11H13NO/c1-2-10-8-11(13-12-10)9-6-4-3-5-7-9/h3-7,11H,2,8H2,1H3/t11-/m0/s1. The third-order valence-electron chi connectivity index (χ3n) is 2.31. The molecule has 0 aromatic heterocycles. The van der Waals surface area contributed by atoms with Gasteiger partial charge in [0.15, 0.2) is 6.10 Å². The summed E-state index contributed by atoms with van der Waals surface area (Å²) in [7, 11) is 0. The monoisotopic (exact) mass is 175 g/mol. The van der Waals surface area contributed by atoms with E-state index in [9.17, 15) is 0 Å². The molecule has 1 atom stereocenters. The van der Waals surface area contributed by atoms with Crippen molar-refractivity contribution < 1.29 is 4.84 Å². The molecule has 0 unspecified atom stereocenters. The third-order valence-corrected chi connectivity index (χ3v) is 2.31. The number of hydrogen-bond donors (Lipinski definition) is 0. The topological polar surface area (TPSA) is 21.6 Å². The van der Waals surface area contributed by atoms with E-state index in [2.05, 4.69) is 24.2 Å². The molecule has 0 amide bonds. The van der Waals surface area contributed by atoms with Crippen LogP contribution in [0.5, 0.6) is 0 Å². The largest absolute Gasteiger partial charge is 0.387 e. The van der Waals surface area contributed by atoms with Gasteiger partial charge in [0, 0.05) is 6.42 Å². The van der Waals surface area contributed by atoms with Crippen LogP contribution in [-0.2, 0) is 4.84 Å². The van der Waals surface area contributed by atoms with Gasteiger partial charge in [0.2, 0.25) is 0 Å². The summed E-state index contributed by atoms with van der Waals surface area (Å²) in [5, 5.41) is 4.03. The summed E-state index contributed by atoms with van der Waals surface area (Å²) in [6.07, 6.45) is 2.08. The molecule has 1 aromatic rings. The molecule has 2 heteroatoms. The molecule has 0 saturated heterocycles. The summed E-state index contributed by atoms with van der Waals surface area (Å²) in [5.74, 6) is 0. The SMILES string of the molecule is CCC1=NO[C@H](c2ccccc2)C1. The molecule has 0 fully saturated rings. The number of nitrogens with zero attached hydrogens (tertiary/aromatic N) is 1. The van der Waals surface area contributed by atoms with Crippen LogP contribution in [-0.4, -0.2) is 5.71 Å². The van der Waals surface area contributed by atoms with E-state index in [1.165, 1.54) is 5.56 Å². The van der Waals surface area contributed by atoms with Crippen molar-refractivity contribution in [3.8, 4) is 0 Å². The van der Waals surface area contributed by atoms with Crippen LogP contribution >= 0.6 is 0 Å². The molecule has 2 rings (SSSR count). The minimum absolute atomic E-state index is 0.149. The van der Waals surface area contributed by atoms with Gasteiger partial charge >= 0.3 is 0 Å². The van der Waals surface area contributed by atoms with Crippen LogP contribution in [0.25, 0.3) is 0 Å². The summed E-state index contributed by atoms with van der Waals surface area (Å²) < 4.78 is 0. The lowest BCUT2D eigenvalue weighted by Crippen LogP contribution is -1.98. The minimum Gasteiger partial charge on any atom is -0.387 e. The highest BCUT2D eigenvalue weighted by Gasteiger charge is 2.20. The molecule has 13 heavy (non-hydrogen) atoms. The lowest BCUT2D eigenvalue weighted by atomic mass is 10.0. The Hall–Kier alpha value is -1.31. The minimum atomic E-state index is 0.149. The van der Waals surface area contributed by atoms with Gasteiger partial charge in [-0.2, -0.15) is 0 Å². The summed E-state index contributed by atoms with van der Waals surface area (Å²) in [4.78, 5) is 5.33. The quantitative estimate of drug-likeness (QED) is 0.677. The first-order valence-corrected chi connectivity index (χ1v) is 4.66. The molecular formula is C11H13NO. The van der Waals surface area contributed by atoms with Crippen molar-refractivity contribution in [2.24, 2.45) is 5.16 Å². The van der Waals surface area contributed by atoms with Crippen LogP contribution in [0.15, 0.2) is 35.5 Å². The van der Waals surface area contributed by atoms with Crippen LogP contribution in [0.2, 0.25) is 0 Å². The second-order valence-electron chi connectivity index (χ2n) is 3.22. The average Bonchev–Trinajstić information content (AvgIpc) is 2.67. The van der Waals surface area contributed by atoms with Gasteiger partial charge in [-0.15, -0.1) is 0 Å². The van der Waals surface area contributed by atoms with Gasteiger partial charge in [-0.25, -0.2) is 0 Å². The zero-order valence-corrected chi connectivity index (χ0v) is 7.73. The molecular weight excluding hydrogens is 162 g/mol. The molecule has 1 aliphatic rings. The van der Waals surface area contributed by atoms with Gasteiger partial charge in [-0.05, 0) is 12.0 Å². The smallest absolute Gasteiger partial charge is 0.157 e. The van der Waals surface area contributed by atoms with E-state index in [0.29, 0.717) is 0 Å². The van der Waals surface area contributed by atoms with Crippen molar-refractivity contribution in [2.45, 2.75) is 25.9 Å². The highest BCUT2D eigenvalue weighted by atomic mass is 16.6. The van der Waals surface area contributed by atoms with Gasteiger partial charge in [0.25, 0.3) is 0 Å². The maximum absolute atomic E-state index is 5.33. The first-order valence-electron chi connectivity index (χ1n) is 4.66. The fourth-order valence-corrected chi connectivity index (χ4v) is 1.48. The molecule has 0 radical (unpaired) electrons. The highest BCUT2D eigenvalue weighted by Crippen LogP contribution is 2.27. The van der Waals surface area contributed by atoms with Crippen molar-refractivity contribution in [1.82, 2.24) is 0 Å². The first kappa shape index (κ1) is 8.30. The first-order chi connectivity index (χ1) is 6.40. The Balaban J connectivity index is 2.07. The third kappa shape index (κ3) is 1.72. The average molecular weight is 175 g/mol.